The molecule has 0 aromatic heterocycles. The molecule has 0 heterocycles. The number of rotatable bonds is 9. The molecule has 3 aliphatic carbocycles. The monoisotopic (exact) mass is 839 g/mol. The first-order valence-electron chi connectivity index (χ1n) is 23.0. The van der Waals surface area contributed by atoms with E-state index in [1.807, 2.05) is 6.08 Å². The maximum absolute atomic E-state index is 3.62. The van der Waals surface area contributed by atoms with Crippen molar-refractivity contribution in [2.75, 3.05) is 4.90 Å². The highest BCUT2D eigenvalue weighted by Gasteiger charge is 2.49. The SMILES string of the molecule is C1=C=C(c2c(N(C3=CC=C(c4ccccc4)CC3)c3ccc(-c4ccc(-c5ccccc5)cc4)cc3)c3c(c4ccccc24)C(c2ccccc2)(c2ccccc2)c2ccccc2-3)C=CC=1. The lowest BCUT2D eigenvalue weighted by Crippen LogP contribution is -2.29. The van der Waals surface area contributed by atoms with Gasteiger partial charge < -0.3 is 4.90 Å². The first kappa shape index (κ1) is 39.2. The highest BCUT2D eigenvalue weighted by Crippen LogP contribution is 2.63. The molecule has 12 rings (SSSR count). The minimum atomic E-state index is -0.614. The van der Waals surface area contributed by atoms with Crippen molar-refractivity contribution in [1.82, 2.24) is 0 Å². The van der Waals surface area contributed by atoms with E-state index in [9.17, 15) is 0 Å². The summed E-state index contributed by atoms with van der Waals surface area (Å²) in [7, 11) is 0. The van der Waals surface area contributed by atoms with Crippen LogP contribution in [0.3, 0.4) is 0 Å². The van der Waals surface area contributed by atoms with Gasteiger partial charge in [-0.25, -0.2) is 0 Å². The van der Waals surface area contributed by atoms with E-state index in [1.54, 1.807) is 0 Å². The zero-order valence-electron chi connectivity index (χ0n) is 36.5. The van der Waals surface area contributed by atoms with Gasteiger partial charge in [0.05, 0.1) is 11.1 Å². The molecule has 0 saturated heterocycles. The van der Waals surface area contributed by atoms with Gasteiger partial charge in [-0.3, -0.25) is 0 Å². The Morgan fingerprint density at radius 1 is 0.439 bits per heavy atom. The number of allylic oxidation sites excluding steroid dienone is 8. The van der Waals surface area contributed by atoms with Gasteiger partial charge in [0.1, 0.15) is 0 Å². The predicted molar refractivity (Wildman–Crippen MR) is 277 cm³/mol. The van der Waals surface area contributed by atoms with Gasteiger partial charge in [0.2, 0.25) is 0 Å². The standard InChI is InChI=1S/C65H45N/c1-6-20-46(21-7-1)48-34-36-49(37-35-48)51-40-44-56(45-41-51)66(55-42-38-50(39-43-55)47-22-8-2-9-23-47)64-61(52-24-10-3-11-25-52)57-30-16-17-31-58(57)63-62(64)59-32-18-19-33-60(59)65(63,53-26-12-4-13-27-53)54-28-14-5-15-29-54/h1-10,12-24,26-38,40-42,44-45H,39,43H2. The third-order valence-electron chi connectivity index (χ3n) is 13.7. The van der Waals surface area contributed by atoms with Crippen LogP contribution in [0.25, 0.3) is 55.3 Å². The second-order valence-corrected chi connectivity index (χ2v) is 17.3. The molecule has 66 heavy (non-hydrogen) atoms. The van der Waals surface area contributed by atoms with Crippen LogP contribution in [-0.4, -0.2) is 0 Å². The summed E-state index contributed by atoms with van der Waals surface area (Å²) in [5.41, 5.74) is 27.0. The Balaban J connectivity index is 1.17. The zero-order chi connectivity index (χ0) is 43.9. The van der Waals surface area contributed by atoms with Crippen molar-refractivity contribution < 1.29 is 0 Å². The molecular formula is C65H45N. The number of nitrogens with zero attached hydrogens (tertiary/aromatic N) is 1. The van der Waals surface area contributed by atoms with Crippen molar-refractivity contribution in [3.63, 3.8) is 0 Å². The van der Waals surface area contributed by atoms with Crippen LogP contribution >= 0.6 is 0 Å². The summed E-state index contributed by atoms with van der Waals surface area (Å²) in [6.45, 7) is 0. The van der Waals surface area contributed by atoms with E-state index in [-0.39, 0.29) is 0 Å². The van der Waals surface area contributed by atoms with Crippen molar-refractivity contribution in [2.45, 2.75) is 18.3 Å². The average molecular weight is 840 g/mol. The molecule has 0 atom stereocenters. The first-order chi connectivity index (χ1) is 32.8. The van der Waals surface area contributed by atoms with Crippen molar-refractivity contribution in [3.05, 3.63) is 299 Å². The zero-order valence-corrected chi connectivity index (χ0v) is 36.5. The molecule has 0 saturated carbocycles. The number of benzene rings is 9. The van der Waals surface area contributed by atoms with E-state index < -0.39 is 5.41 Å². The molecule has 0 N–H and O–H groups in total. The van der Waals surface area contributed by atoms with Crippen LogP contribution in [0, 0.1) is 0 Å². The fourth-order valence-corrected chi connectivity index (χ4v) is 10.8. The van der Waals surface area contributed by atoms with Gasteiger partial charge in [0, 0.05) is 28.1 Å². The quantitative estimate of drug-likeness (QED) is 0.131. The molecule has 0 bridgehead atoms. The van der Waals surface area contributed by atoms with E-state index in [0.29, 0.717) is 0 Å². The van der Waals surface area contributed by atoms with Crippen molar-refractivity contribution in [2.24, 2.45) is 0 Å². The number of hydrogen-bond donors (Lipinski definition) is 0. The minimum Gasteiger partial charge on any atom is -0.313 e. The highest BCUT2D eigenvalue weighted by atomic mass is 15.2. The Morgan fingerprint density at radius 3 is 1.56 bits per heavy atom. The Labute approximate surface area is 387 Å². The summed E-state index contributed by atoms with van der Waals surface area (Å²) in [6.07, 6.45) is 12.8. The van der Waals surface area contributed by atoms with Gasteiger partial charge in [-0.15, -0.1) is 0 Å². The second-order valence-electron chi connectivity index (χ2n) is 17.3. The summed E-state index contributed by atoms with van der Waals surface area (Å²) < 4.78 is 0. The van der Waals surface area contributed by atoms with Gasteiger partial charge >= 0.3 is 0 Å². The Morgan fingerprint density at radius 2 is 0.970 bits per heavy atom. The summed E-state index contributed by atoms with van der Waals surface area (Å²) in [4.78, 5) is 2.59. The maximum atomic E-state index is 3.62. The molecule has 310 valence electrons. The van der Waals surface area contributed by atoms with Crippen LogP contribution < -0.4 is 4.90 Å². The molecule has 0 aliphatic heterocycles. The summed E-state index contributed by atoms with van der Waals surface area (Å²) >= 11 is 0. The largest absolute Gasteiger partial charge is 0.313 e. The molecule has 9 aromatic rings. The fraction of sp³-hybridized carbons (Fsp3) is 0.0462. The van der Waals surface area contributed by atoms with Gasteiger partial charge in [-0.05, 0) is 115 Å². The lowest BCUT2D eigenvalue weighted by molar-refractivity contribution is 0.775. The molecule has 1 nitrogen and oxygen atoms in total. The molecule has 9 aromatic carbocycles. The number of hydrogen-bond acceptors (Lipinski definition) is 1. The van der Waals surface area contributed by atoms with Crippen molar-refractivity contribution in [1.29, 1.82) is 0 Å². The summed E-state index contributed by atoms with van der Waals surface area (Å²) in [6, 6.07) is 80.2. The van der Waals surface area contributed by atoms with Crippen molar-refractivity contribution in [3.8, 4) is 33.4 Å². The Hall–Kier alpha value is -8.44. The average Bonchev–Trinajstić information content (AvgIpc) is 3.72. The minimum absolute atomic E-state index is 0.614. The van der Waals surface area contributed by atoms with Gasteiger partial charge in [0.15, 0.2) is 0 Å². The van der Waals surface area contributed by atoms with Crippen LogP contribution in [0.2, 0.25) is 0 Å². The molecular weight excluding hydrogens is 795 g/mol. The van der Waals surface area contributed by atoms with E-state index in [0.717, 1.165) is 35.4 Å². The second kappa shape index (κ2) is 16.6. The molecule has 0 unspecified atom stereocenters. The van der Waals surface area contributed by atoms with E-state index >= 15 is 0 Å². The number of anilines is 2. The van der Waals surface area contributed by atoms with Crippen molar-refractivity contribution >= 4 is 33.3 Å². The van der Waals surface area contributed by atoms with E-state index in [2.05, 4.69) is 259 Å². The fourth-order valence-electron chi connectivity index (χ4n) is 10.8. The summed E-state index contributed by atoms with van der Waals surface area (Å²) in [5, 5.41) is 2.41. The smallest absolute Gasteiger partial charge is 0.0720 e. The van der Waals surface area contributed by atoms with Crippen LogP contribution in [0.4, 0.5) is 11.4 Å². The normalized spacial score (nSPS) is 14.3. The predicted octanol–water partition coefficient (Wildman–Crippen LogP) is 16.7. The van der Waals surface area contributed by atoms with Crippen LogP contribution in [0.15, 0.2) is 266 Å². The lowest BCUT2D eigenvalue weighted by Gasteiger charge is -2.37. The maximum Gasteiger partial charge on any atom is 0.0720 e. The van der Waals surface area contributed by atoms with E-state index in [4.69, 9.17) is 0 Å². The Kier molecular flexibility index (Phi) is 9.85. The van der Waals surface area contributed by atoms with Gasteiger partial charge in [-0.1, -0.05) is 230 Å². The molecule has 0 spiro atoms. The van der Waals surface area contributed by atoms with Gasteiger partial charge in [-0.2, -0.15) is 0 Å². The lowest BCUT2D eigenvalue weighted by atomic mass is 9.66. The van der Waals surface area contributed by atoms with Crippen LogP contribution in [0.1, 0.15) is 46.2 Å². The van der Waals surface area contributed by atoms with Gasteiger partial charge in [0.25, 0.3) is 0 Å². The Bertz CT molecular complexity index is 3450. The van der Waals surface area contributed by atoms with Crippen LogP contribution in [0.5, 0.6) is 0 Å². The first-order valence-corrected chi connectivity index (χ1v) is 23.0. The number of fused-ring (bicyclic) bond motifs is 5. The van der Waals surface area contributed by atoms with Crippen LogP contribution in [-0.2, 0) is 5.41 Å². The summed E-state index contributed by atoms with van der Waals surface area (Å²) in [5.74, 6) is 0. The molecule has 0 radical (unpaired) electrons. The topological polar surface area (TPSA) is 3.24 Å². The molecule has 0 fully saturated rings. The molecule has 1 heteroatoms. The van der Waals surface area contributed by atoms with E-state index in [1.165, 1.54) is 83.2 Å². The molecule has 3 aliphatic rings. The third kappa shape index (κ3) is 6.50. The third-order valence-corrected chi connectivity index (χ3v) is 13.7. The molecule has 0 amide bonds. The highest BCUT2D eigenvalue weighted by molar-refractivity contribution is 6.14.